The fraction of sp³-hybridized carbons (Fsp3) is 0.857. The van der Waals surface area contributed by atoms with Gasteiger partial charge in [-0.05, 0) is 33.5 Å². The summed E-state index contributed by atoms with van der Waals surface area (Å²) in [5, 5.41) is 17.8. The maximum absolute atomic E-state index is 10.6. The monoisotopic (exact) mass is 295 g/mol. The summed E-state index contributed by atoms with van der Waals surface area (Å²) < 4.78 is 5.33. The van der Waals surface area contributed by atoms with Gasteiger partial charge in [0.2, 0.25) is 0 Å². The Kier molecular flexibility index (Phi) is 4.26. The van der Waals surface area contributed by atoms with E-state index in [4.69, 9.17) is 4.52 Å². The SMILES string of the molecule is CN1CCN(C)C(Cc2noc(C3(O)CCCNC3)n2)C1. The number of piperidine rings is 1. The molecule has 1 aromatic heterocycles. The molecule has 2 aliphatic rings. The molecule has 3 heterocycles. The first kappa shape index (κ1) is 14.9. The van der Waals surface area contributed by atoms with Crippen molar-refractivity contribution in [3.8, 4) is 0 Å². The Bertz CT molecular complexity index is 472. The standard InChI is InChI=1S/C14H25N5O2/c1-18-6-7-19(2)11(9-18)8-12-16-13(21-17-12)14(20)4-3-5-15-10-14/h11,15,20H,3-10H2,1-2H3. The van der Waals surface area contributed by atoms with Crippen molar-refractivity contribution in [2.45, 2.75) is 30.9 Å². The van der Waals surface area contributed by atoms with Crippen molar-refractivity contribution in [1.82, 2.24) is 25.3 Å². The van der Waals surface area contributed by atoms with Gasteiger partial charge in [0.15, 0.2) is 11.4 Å². The zero-order valence-corrected chi connectivity index (χ0v) is 12.9. The number of nitrogens with zero attached hydrogens (tertiary/aromatic N) is 4. The Labute approximate surface area is 125 Å². The average molecular weight is 295 g/mol. The molecule has 0 bridgehead atoms. The zero-order chi connectivity index (χ0) is 14.9. The minimum Gasteiger partial charge on any atom is -0.379 e. The summed E-state index contributed by atoms with van der Waals surface area (Å²) in [5.41, 5.74) is -1.00. The number of aromatic nitrogens is 2. The highest BCUT2D eigenvalue weighted by atomic mass is 16.5. The van der Waals surface area contributed by atoms with Gasteiger partial charge in [0, 0.05) is 38.6 Å². The summed E-state index contributed by atoms with van der Waals surface area (Å²) in [6, 6.07) is 0.397. The molecule has 21 heavy (non-hydrogen) atoms. The Morgan fingerprint density at radius 3 is 3.05 bits per heavy atom. The van der Waals surface area contributed by atoms with Crippen molar-refractivity contribution in [3.05, 3.63) is 11.7 Å². The number of hydrogen-bond donors (Lipinski definition) is 2. The highest BCUT2D eigenvalue weighted by Gasteiger charge is 2.37. The second-order valence-corrected chi connectivity index (χ2v) is 6.43. The molecule has 2 aliphatic heterocycles. The molecule has 2 fully saturated rings. The largest absolute Gasteiger partial charge is 0.379 e. The topological polar surface area (TPSA) is 77.7 Å². The van der Waals surface area contributed by atoms with Crippen molar-refractivity contribution in [2.24, 2.45) is 0 Å². The third kappa shape index (κ3) is 3.26. The lowest BCUT2D eigenvalue weighted by Gasteiger charge is -2.37. The third-order valence-corrected chi connectivity index (χ3v) is 4.63. The van der Waals surface area contributed by atoms with Gasteiger partial charge >= 0.3 is 0 Å². The molecule has 0 saturated carbocycles. The van der Waals surface area contributed by atoms with Gasteiger partial charge in [-0.3, -0.25) is 0 Å². The molecule has 7 nitrogen and oxygen atoms in total. The third-order valence-electron chi connectivity index (χ3n) is 4.63. The number of β-amino-alcohol motifs (C(OH)–C–C–N with tert-alkyl or cyclic N) is 1. The minimum absolute atomic E-state index is 0.358. The van der Waals surface area contributed by atoms with E-state index in [1.165, 1.54) is 0 Å². The molecular formula is C14H25N5O2. The highest BCUT2D eigenvalue weighted by molar-refractivity contribution is 5.03. The number of rotatable bonds is 3. The Hall–Kier alpha value is -1.02. The zero-order valence-electron chi connectivity index (χ0n) is 12.9. The van der Waals surface area contributed by atoms with Crippen LogP contribution < -0.4 is 5.32 Å². The van der Waals surface area contributed by atoms with Crippen molar-refractivity contribution in [1.29, 1.82) is 0 Å². The molecule has 2 saturated heterocycles. The van der Waals surface area contributed by atoms with Crippen molar-refractivity contribution < 1.29 is 9.63 Å². The molecular weight excluding hydrogens is 270 g/mol. The van der Waals surface area contributed by atoms with Crippen LogP contribution in [0.5, 0.6) is 0 Å². The summed E-state index contributed by atoms with van der Waals surface area (Å²) in [5.74, 6) is 1.05. The Balaban J connectivity index is 1.67. The first-order valence-electron chi connectivity index (χ1n) is 7.72. The van der Waals surface area contributed by atoms with E-state index in [2.05, 4.69) is 39.4 Å². The number of aliphatic hydroxyl groups is 1. The van der Waals surface area contributed by atoms with Crippen LogP contribution in [0.1, 0.15) is 24.6 Å². The predicted molar refractivity (Wildman–Crippen MR) is 77.9 cm³/mol. The van der Waals surface area contributed by atoms with Gasteiger partial charge in [-0.15, -0.1) is 0 Å². The van der Waals surface area contributed by atoms with Gasteiger partial charge in [-0.25, -0.2) is 0 Å². The number of piperazine rings is 1. The molecule has 0 spiro atoms. The number of nitrogens with one attached hydrogen (secondary N) is 1. The second-order valence-electron chi connectivity index (χ2n) is 6.43. The van der Waals surface area contributed by atoms with Gasteiger partial charge in [0.25, 0.3) is 5.89 Å². The van der Waals surface area contributed by atoms with Gasteiger partial charge in [0.05, 0.1) is 0 Å². The molecule has 0 amide bonds. The second kappa shape index (κ2) is 6.00. The van der Waals surface area contributed by atoms with Crippen LogP contribution in [0.25, 0.3) is 0 Å². The van der Waals surface area contributed by atoms with Crippen molar-refractivity contribution in [3.63, 3.8) is 0 Å². The van der Waals surface area contributed by atoms with E-state index in [1.807, 2.05) is 0 Å². The molecule has 0 aliphatic carbocycles. The smallest absolute Gasteiger partial charge is 0.259 e. The molecule has 3 rings (SSSR count). The predicted octanol–water partition coefficient (Wildman–Crippen LogP) is -0.571. The quantitative estimate of drug-likeness (QED) is 0.773. The lowest BCUT2D eigenvalue weighted by atomic mass is 9.94. The summed E-state index contributed by atoms with van der Waals surface area (Å²) in [7, 11) is 4.27. The molecule has 0 aromatic carbocycles. The summed E-state index contributed by atoms with van der Waals surface area (Å²) >= 11 is 0. The van der Waals surface area contributed by atoms with E-state index in [0.29, 0.717) is 30.7 Å². The lowest BCUT2D eigenvalue weighted by molar-refractivity contribution is -0.0167. The molecule has 0 radical (unpaired) electrons. The number of hydrogen-bond acceptors (Lipinski definition) is 7. The molecule has 2 unspecified atom stereocenters. The van der Waals surface area contributed by atoms with Crippen LogP contribution in [-0.2, 0) is 12.0 Å². The van der Waals surface area contributed by atoms with Gasteiger partial charge in [-0.2, -0.15) is 4.98 Å². The Morgan fingerprint density at radius 1 is 1.43 bits per heavy atom. The van der Waals surface area contributed by atoms with Gasteiger partial charge < -0.3 is 24.7 Å². The van der Waals surface area contributed by atoms with Crippen LogP contribution in [0.15, 0.2) is 4.52 Å². The first-order valence-corrected chi connectivity index (χ1v) is 7.72. The van der Waals surface area contributed by atoms with Crippen LogP contribution in [0.2, 0.25) is 0 Å². The van der Waals surface area contributed by atoms with E-state index in [9.17, 15) is 5.11 Å². The van der Waals surface area contributed by atoms with E-state index >= 15 is 0 Å². The maximum atomic E-state index is 10.6. The van der Waals surface area contributed by atoms with E-state index in [1.54, 1.807) is 0 Å². The molecule has 2 N–H and O–H groups in total. The summed E-state index contributed by atoms with van der Waals surface area (Å²) in [6.45, 7) is 4.57. The van der Waals surface area contributed by atoms with Crippen molar-refractivity contribution in [2.75, 3.05) is 46.8 Å². The molecule has 1 aromatic rings. The van der Waals surface area contributed by atoms with Crippen LogP contribution in [0, 0.1) is 0 Å². The van der Waals surface area contributed by atoms with Crippen LogP contribution >= 0.6 is 0 Å². The van der Waals surface area contributed by atoms with Crippen molar-refractivity contribution >= 4 is 0 Å². The first-order chi connectivity index (χ1) is 10.1. The van der Waals surface area contributed by atoms with E-state index < -0.39 is 5.60 Å². The number of likely N-dealkylation sites (N-methyl/N-ethyl adjacent to an activating group) is 2. The fourth-order valence-electron chi connectivity index (χ4n) is 3.13. The maximum Gasteiger partial charge on any atom is 0.259 e. The van der Waals surface area contributed by atoms with E-state index in [-0.39, 0.29) is 0 Å². The van der Waals surface area contributed by atoms with Crippen LogP contribution in [0.4, 0.5) is 0 Å². The van der Waals surface area contributed by atoms with Crippen LogP contribution in [0.3, 0.4) is 0 Å². The van der Waals surface area contributed by atoms with E-state index in [0.717, 1.165) is 39.0 Å². The molecule has 118 valence electrons. The normalized spacial score (nSPS) is 32.4. The van der Waals surface area contributed by atoms with Gasteiger partial charge in [0.1, 0.15) is 0 Å². The molecule has 2 atom stereocenters. The van der Waals surface area contributed by atoms with Gasteiger partial charge in [-0.1, -0.05) is 5.16 Å². The minimum atomic E-state index is -1.00. The Morgan fingerprint density at radius 2 is 2.29 bits per heavy atom. The van der Waals surface area contributed by atoms with Crippen LogP contribution in [-0.4, -0.2) is 77.9 Å². The fourth-order valence-corrected chi connectivity index (χ4v) is 3.13. The highest BCUT2D eigenvalue weighted by Crippen LogP contribution is 2.27. The summed E-state index contributed by atoms with van der Waals surface area (Å²) in [4.78, 5) is 9.11. The lowest BCUT2D eigenvalue weighted by Crippen LogP contribution is -2.50. The molecule has 7 heteroatoms. The average Bonchev–Trinajstić information content (AvgIpc) is 2.93. The summed E-state index contributed by atoms with van der Waals surface area (Å²) in [6.07, 6.45) is 2.35.